The molecule has 0 atom stereocenters. The maximum atomic E-state index is 14.1. The first-order chi connectivity index (χ1) is 14.4. The Morgan fingerprint density at radius 2 is 1.93 bits per heavy atom. The number of hydrogen-bond acceptors (Lipinski definition) is 4. The van der Waals surface area contributed by atoms with Crippen LogP contribution in [0.15, 0.2) is 61.4 Å². The van der Waals surface area contributed by atoms with Crippen LogP contribution in [-0.4, -0.2) is 30.2 Å². The molecule has 3 aromatic heterocycles. The molecule has 4 aromatic rings. The summed E-state index contributed by atoms with van der Waals surface area (Å²) in [6.07, 6.45) is 7.83. The monoisotopic (exact) mass is 402 g/mol. The average molecular weight is 402 g/mol. The van der Waals surface area contributed by atoms with E-state index in [0.29, 0.717) is 17.2 Å². The normalized spacial score (nSPS) is 14.9. The van der Waals surface area contributed by atoms with Gasteiger partial charge in [-0.3, -0.25) is 19.4 Å². The van der Waals surface area contributed by atoms with Gasteiger partial charge in [-0.1, -0.05) is 12.1 Å². The van der Waals surface area contributed by atoms with E-state index in [0.717, 1.165) is 16.8 Å². The number of hydrogen-bond donors (Lipinski definition) is 0. The van der Waals surface area contributed by atoms with E-state index < -0.39 is 11.2 Å². The summed E-state index contributed by atoms with van der Waals surface area (Å²) < 4.78 is 17.4. The molecule has 0 aliphatic carbocycles. The summed E-state index contributed by atoms with van der Waals surface area (Å²) in [6, 6.07) is 9.24. The van der Waals surface area contributed by atoms with Crippen LogP contribution < -0.4 is 4.90 Å². The van der Waals surface area contributed by atoms with E-state index in [2.05, 4.69) is 15.1 Å². The molecule has 30 heavy (non-hydrogen) atoms. The van der Waals surface area contributed by atoms with Gasteiger partial charge in [0, 0.05) is 37.3 Å². The number of carbonyl (C=O) groups is 1. The van der Waals surface area contributed by atoms with Crippen molar-refractivity contribution in [3.8, 4) is 16.9 Å². The molecule has 5 rings (SSSR count). The molecule has 0 spiro atoms. The molecule has 0 N–H and O–H groups in total. The van der Waals surface area contributed by atoms with E-state index in [1.807, 2.05) is 51.4 Å². The van der Waals surface area contributed by atoms with Crippen molar-refractivity contribution in [2.75, 3.05) is 4.90 Å². The number of nitrogens with zero attached hydrogens (tertiary/aromatic N) is 6. The van der Waals surface area contributed by atoms with E-state index in [1.54, 1.807) is 32.7 Å². The molecule has 0 radical (unpaired) electrons. The number of rotatable bonds is 3. The third kappa shape index (κ3) is 2.64. The third-order valence-corrected chi connectivity index (χ3v) is 5.49. The minimum Gasteiger partial charge on any atom is -0.303 e. The molecule has 1 amide bonds. The number of aromatic nitrogens is 5. The SMILES string of the molecule is Cn1ccc(N2C(=O)C(C)(C)c3ccc(-c4cn(-c5ccncc5F)cn4)cc32)n1. The number of halogens is 1. The second kappa shape index (κ2) is 6.35. The Hall–Kier alpha value is -3.81. The lowest BCUT2D eigenvalue weighted by molar-refractivity contribution is -0.121. The molecule has 0 saturated heterocycles. The highest BCUT2D eigenvalue weighted by Crippen LogP contribution is 2.46. The molecule has 4 heterocycles. The van der Waals surface area contributed by atoms with Crippen LogP contribution in [0.25, 0.3) is 16.9 Å². The van der Waals surface area contributed by atoms with E-state index in [-0.39, 0.29) is 5.91 Å². The maximum Gasteiger partial charge on any atom is 0.242 e. The van der Waals surface area contributed by atoms with Gasteiger partial charge in [0.1, 0.15) is 6.33 Å². The van der Waals surface area contributed by atoms with Gasteiger partial charge in [0.05, 0.1) is 28.7 Å². The van der Waals surface area contributed by atoms with Crippen molar-refractivity contribution in [3.63, 3.8) is 0 Å². The smallest absolute Gasteiger partial charge is 0.242 e. The molecular weight excluding hydrogens is 383 g/mol. The van der Waals surface area contributed by atoms with Crippen LogP contribution in [0.4, 0.5) is 15.9 Å². The molecule has 0 saturated carbocycles. The zero-order valence-electron chi connectivity index (χ0n) is 16.7. The van der Waals surface area contributed by atoms with Crippen molar-refractivity contribution in [1.29, 1.82) is 0 Å². The lowest BCUT2D eigenvalue weighted by atomic mass is 9.86. The largest absolute Gasteiger partial charge is 0.303 e. The van der Waals surface area contributed by atoms with Crippen LogP contribution in [0.2, 0.25) is 0 Å². The molecular formula is C22H19FN6O. The first-order valence-electron chi connectivity index (χ1n) is 9.49. The van der Waals surface area contributed by atoms with Crippen LogP contribution in [0.1, 0.15) is 19.4 Å². The quantitative estimate of drug-likeness (QED) is 0.523. The number of imidazole rings is 1. The van der Waals surface area contributed by atoms with Gasteiger partial charge >= 0.3 is 0 Å². The lowest BCUT2D eigenvalue weighted by Gasteiger charge is -2.18. The number of benzene rings is 1. The highest BCUT2D eigenvalue weighted by Gasteiger charge is 2.45. The Kier molecular flexibility index (Phi) is 3.86. The molecule has 1 aliphatic heterocycles. The standard InChI is InChI=1S/C22H19FN6O/c1-22(2)15-5-4-14(10-19(15)29(21(22)30)20-7-9-27(3)26-20)17-12-28(13-25-17)18-6-8-24-11-16(18)23/h4-13H,1-3H3. The first kappa shape index (κ1) is 18.2. The van der Waals surface area contributed by atoms with E-state index in [1.165, 1.54) is 12.4 Å². The van der Waals surface area contributed by atoms with Gasteiger partial charge in [0.15, 0.2) is 11.6 Å². The van der Waals surface area contributed by atoms with Crippen LogP contribution in [0.3, 0.4) is 0 Å². The molecule has 0 bridgehead atoms. The minimum absolute atomic E-state index is 0.0299. The number of carbonyl (C=O) groups excluding carboxylic acids is 1. The minimum atomic E-state index is -0.662. The van der Waals surface area contributed by atoms with Crippen LogP contribution in [-0.2, 0) is 17.3 Å². The highest BCUT2D eigenvalue weighted by atomic mass is 19.1. The number of amides is 1. The van der Waals surface area contributed by atoms with Crippen molar-refractivity contribution < 1.29 is 9.18 Å². The molecule has 0 fully saturated rings. The lowest BCUT2D eigenvalue weighted by Crippen LogP contribution is -2.33. The summed E-state index contributed by atoms with van der Waals surface area (Å²) in [5, 5.41) is 4.42. The zero-order valence-corrected chi connectivity index (χ0v) is 16.7. The Morgan fingerprint density at radius 3 is 2.67 bits per heavy atom. The second-order valence-corrected chi connectivity index (χ2v) is 7.84. The Labute approximate surface area is 172 Å². The maximum absolute atomic E-state index is 14.1. The molecule has 1 aromatic carbocycles. The fourth-order valence-corrected chi connectivity index (χ4v) is 3.84. The first-order valence-corrected chi connectivity index (χ1v) is 9.49. The molecule has 8 heteroatoms. The van der Waals surface area contributed by atoms with Crippen molar-refractivity contribution in [1.82, 2.24) is 24.3 Å². The Balaban J connectivity index is 1.60. The van der Waals surface area contributed by atoms with E-state index in [9.17, 15) is 9.18 Å². The Morgan fingerprint density at radius 1 is 1.10 bits per heavy atom. The zero-order chi connectivity index (χ0) is 21.0. The fraction of sp³-hybridized carbons (Fsp3) is 0.182. The van der Waals surface area contributed by atoms with Gasteiger partial charge < -0.3 is 4.57 Å². The predicted molar refractivity (Wildman–Crippen MR) is 110 cm³/mol. The van der Waals surface area contributed by atoms with E-state index in [4.69, 9.17) is 0 Å². The van der Waals surface area contributed by atoms with Crippen molar-refractivity contribution in [2.24, 2.45) is 7.05 Å². The number of pyridine rings is 1. The van der Waals surface area contributed by atoms with E-state index >= 15 is 0 Å². The molecule has 150 valence electrons. The van der Waals surface area contributed by atoms with Gasteiger partial charge in [-0.25, -0.2) is 9.37 Å². The van der Waals surface area contributed by atoms with Crippen LogP contribution >= 0.6 is 0 Å². The fourth-order valence-electron chi connectivity index (χ4n) is 3.84. The summed E-state index contributed by atoms with van der Waals surface area (Å²) in [5.74, 6) is 0.123. The molecule has 1 aliphatic rings. The summed E-state index contributed by atoms with van der Waals surface area (Å²) >= 11 is 0. The van der Waals surface area contributed by atoms with Crippen molar-refractivity contribution in [2.45, 2.75) is 19.3 Å². The predicted octanol–water partition coefficient (Wildman–Crippen LogP) is 3.76. The summed E-state index contributed by atoms with van der Waals surface area (Å²) in [5.41, 5.74) is 2.93. The second-order valence-electron chi connectivity index (χ2n) is 7.84. The van der Waals surface area contributed by atoms with Crippen molar-refractivity contribution >= 4 is 17.4 Å². The number of fused-ring (bicyclic) bond motifs is 1. The average Bonchev–Trinajstić information content (AvgIpc) is 3.41. The topological polar surface area (TPSA) is 68.8 Å². The van der Waals surface area contributed by atoms with Gasteiger partial charge in [0.2, 0.25) is 5.91 Å². The summed E-state index contributed by atoms with van der Waals surface area (Å²) in [6.45, 7) is 3.83. The number of aryl methyl sites for hydroxylation is 1. The summed E-state index contributed by atoms with van der Waals surface area (Å²) in [7, 11) is 1.82. The Bertz CT molecular complexity index is 1290. The third-order valence-electron chi connectivity index (χ3n) is 5.49. The van der Waals surface area contributed by atoms with Gasteiger partial charge in [-0.05, 0) is 31.5 Å². The van der Waals surface area contributed by atoms with Crippen molar-refractivity contribution in [3.05, 3.63) is 72.8 Å². The molecule has 7 nitrogen and oxygen atoms in total. The van der Waals surface area contributed by atoms with Gasteiger partial charge in [-0.2, -0.15) is 5.10 Å². The molecule has 0 unspecified atom stereocenters. The van der Waals surface area contributed by atoms with Gasteiger partial charge in [0.25, 0.3) is 0 Å². The van der Waals surface area contributed by atoms with Gasteiger partial charge in [-0.15, -0.1) is 0 Å². The highest BCUT2D eigenvalue weighted by molar-refractivity contribution is 6.12. The number of anilines is 2. The van der Waals surface area contributed by atoms with Crippen LogP contribution in [0.5, 0.6) is 0 Å². The summed E-state index contributed by atoms with van der Waals surface area (Å²) in [4.78, 5) is 23.0. The van der Waals surface area contributed by atoms with Crippen LogP contribution in [0, 0.1) is 5.82 Å².